The van der Waals surface area contributed by atoms with Crippen molar-refractivity contribution in [3.05, 3.63) is 93.8 Å². The zero-order valence-electron chi connectivity index (χ0n) is 20.3. The second-order valence-corrected chi connectivity index (χ2v) is 9.76. The summed E-state index contributed by atoms with van der Waals surface area (Å²) < 4.78 is 16.2. The van der Waals surface area contributed by atoms with Gasteiger partial charge < -0.3 is 20.6 Å². The van der Waals surface area contributed by atoms with Gasteiger partial charge in [0.2, 0.25) is 5.91 Å². The van der Waals surface area contributed by atoms with Crippen molar-refractivity contribution in [3.63, 3.8) is 0 Å². The average Bonchev–Trinajstić information content (AvgIpc) is 3.38. The molecular formula is C27H21ClFN7O2. The van der Waals surface area contributed by atoms with Crippen molar-refractivity contribution in [3.8, 4) is 17.3 Å². The molecule has 190 valence electrons. The van der Waals surface area contributed by atoms with Gasteiger partial charge in [-0.2, -0.15) is 0 Å². The van der Waals surface area contributed by atoms with Gasteiger partial charge in [0.25, 0.3) is 0 Å². The highest BCUT2D eigenvalue weighted by Crippen LogP contribution is 2.46. The van der Waals surface area contributed by atoms with Crippen LogP contribution < -0.4 is 11.1 Å². The fourth-order valence-electron chi connectivity index (χ4n) is 4.85. The maximum absolute atomic E-state index is 14.4. The predicted octanol–water partition coefficient (Wildman–Crippen LogP) is 4.42. The van der Waals surface area contributed by atoms with Gasteiger partial charge in [0.05, 0.1) is 22.0 Å². The quantitative estimate of drug-likeness (QED) is 0.314. The number of halogens is 2. The number of aromatic nitrogens is 5. The number of carbonyl (C=O) groups excluding carboxylic acids is 1. The number of rotatable bonds is 4. The maximum Gasteiger partial charge on any atom is 0.240 e. The van der Waals surface area contributed by atoms with Crippen LogP contribution in [0.2, 0.25) is 5.02 Å². The minimum absolute atomic E-state index is 0.0830. The molecule has 2 aromatic carbocycles. The Morgan fingerprint density at radius 2 is 1.92 bits per heavy atom. The van der Waals surface area contributed by atoms with E-state index >= 15 is 0 Å². The number of imidazole rings is 1. The van der Waals surface area contributed by atoms with Crippen molar-refractivity contribution in [2.24, 2.45) is 0 Å². The van der Waals surface area contributed by atoms with Gasteiger partial charge in [-0.15, -0.1) is 0 Å². The number of phenolic OH excluding ortho intramolecular Hbond substituents is 1. The van der Waals surface area contributed by atoms with Crippen LogP contribution in [0.4, 0.5) is 16.0 Å². The van der Waals surface area contributed by atoms with E-state index in [0.29, 0.717) is 33.7 Å². The first-order valence-corrected chi connectivity index (χ1v) is 12.1. The summed E-state index contributed by atoms with van der Waals surface area (Å²) in [5, 5.41) is 13.1. The molecule has 1 aliphatic rings. The van der Waals surface area contributed by atoms with E-state index in [0.717, 1.165) is 5.69 Å². The van der Waals surface area contributed by atoms with Crippen molar-refractivity contribution >= 4 is 34.8 Å². The van der Waals surface area contributed by atoms with Crippen molar-refractivity contribution in [2.75, 3.05) is 11.1 Å². The Morgan fingerprint density at radius 3 is 2.68 bits per heavy atom. The molecule has 0 fully saturated rings. The molecule has 0 radical (unpaired) electrons. The number of benzene rings is 2. The molecule has 0 saturated heterocycles. The Hall–Kier alpha value is -4.57. The van der Waals surface area contributed by atoms with Gasteiger partial charge in [0, 0.05) is 18.8 Å². The third kappa shape index (κ3) is 3.64. The summed E-state index contributed by atoms with van der Waals surface area (Å²) in [7, 11) is 0. The van der Waals surface area contributed by atoms with E-state index in [1.165, 1.54) is 18.2 Å². The normalized spacial score (nSPS) is 16.6. The molecule has 1 atom stereocenters. The summed E-state index contributed by atoms with van der Waals surface area (Å²) >= 11 is 5.97. The number of nitrogen functional groups attached to an aromatic ring is 1. The molecule has 4 N–H and O–H groups in total. The number of anilines is 2. The number of nitrogens with zero attached hydrogens (tertiary/aromatic N) is 5. The summed E-state index contributed by atoms with van der Waals surface area (Å²) in [5.74, 6) is -0.352. The number of fused-ring (bicyclic) bond motifs is 2. The van der Waals surface area contributed by atoms with Gasteiger partial charge in [-0.05, 0) is 43.2 Å². The number of amides is 1. The number of aromatic hydroxyl groups is 1. The van der Waals surface area contributed by atoms with Crippen LogP contribution in [0.25, 0.3) is 17.2 Å². The van der Waals surface area contributed by atoms with Crippen molar-refractivity contribution in [1.29, 1.82) is 0 Å². The Balaban J connectivity index is 1.48. The van der Waals surface area contributed by atoms with Crippen molar-refractivity contribution < 1.29 is 14.3 Å². The summed E-state index contributed by atoms with van der Waals surface area (Å²) in [5.41, 5.74) is 8.79. The monoisotopic (exact) mass is 529 g/mol. The lowest BCUT2D eigenvalue weighted by Crippen LogP contribution is -2.32. The molecule has 1 amide bonds. The largest absolute Gasteiger partial charge is 0.506 e. The van der Waals surface area contributed by atoms with Crippen LogP contribution in [0, 0.1) is 12.7 Å². The number of nitrogens with two attached hydrogens (primary N) is 1. The van der Waals surface area contributed by atoms with Gasteiger partial charge >= 0.3 is 0 Å². The van der Waals surface area contributed by atoms with Crippen LogP contribution in [0.15, 0.2) is 54.9 Å². The first-order chi connectivity index (χ1) is 18.1. The van der Waals surface area contributed by atoms with Gasteiger partial charge in [-0.25, -0.2) is 24.3 Å². The summed E-state index contributed by atoms with van der Waals surface area (Å²) in [6.45, 7) is 3.54. The van der Waals surface area contributed by atoms with Gasteiger partial charge in [0.15, 0.2) is 11.5 Å². The first kappa shape index (κ1) is 23.8. The van der Waals surface area contributed by atoms with Gasteiger partial charge in [0.1, 0.15) is 34.3 Å². The number of aryl methyl sites for hydroxylation is 1. The van der Waals surface area contributed by atoms with E-state index in [-0.39, 0.29) is 46.4 Å². The molecule has 11 heteroatoms. The van der Waals surface area contributed by atoms with E-state index in [4.69, 9.17) is 22.3 Å². The molecule has 0 bridgehead atoms. The SMILES string of the molecule is Cc1cn2cc(-c3nc(N)c4c(n3)NC(=O)[C@]4(C)c3ccc(Cl)c(O)c3)nc(Cc3ccccc3F)c2n1. The minimum atomic E-state index is -1.26. The number of phenols is 1. The molecule has 1 aliphatic heterocycles. The van der Waals surface area contributed by atoms with Crippen LogP contribution in [-0.4, -0.2) is 35.4 Å². The summed E-state index contributed by atoms with van der Waals surface area (Å²) in [4.78, 5) is 31.6. The average molecular weight is 530 g/mol. The second-order valence-electron chi connectivity index (χ2n) is 9.36. The Morgan fingerprint density at radius 1 is 1.13 bits per heavy atom. The third-order valence-corrected chi connectivity index (χ3v) is 7.14. The molecule has 6 rings (SSSR count). The highest BCUT2D eigenvalue weighted by Gasteiger charge is 2.47. The lowest BCUT2D eigenvalue weighted by atomic mass is 9.77. The fraction of sp³-hybridized carbons (Fsp3) is 0.148. The van der Waals surface area contributed by atoms with Crippen LogP contribution in [-0.2, 0) is 16.6 Å². The predicted molar refractivity (Wildman–Crippen MR) is 141 cm³/mol. The molecule has 4 heterocycles. The minimum Gasteiger partial charge on any atom is -0.506 e. The Kier molecular flexibility index (Phi) is 5.32. The van der Waals surface area contributed by atoms with Gasteiger partial charge in [-0.3, -0.25) is 4.79 Å². The zero-order valence-corrected chi connectivity index (χ0v) is 21.1. The van der Waals surface area contributed by atoms with E-state index in [2.05, 4.69) is 20.3 Å². The van der Waals surface area contributed by atoms with Crippen LogP contribution in [0.3, 0.4) is 0 Å². The van der Waals surface area contributed by atoms with E-state index in [9.17, 15) is 14.3 Å². The molecular weight excluding hydrogens is 509 g/mol. The highest BCUT2D eigenvalue weighted by molar-refractivity contribution is 6.32. The topological polar surface area (TPSA) is 131 Å². The first-order valence-electron chi connectivity index (χ1n) is 11.7. The molecule has 0 spiro atoms. The summed E-state index contributed by atoms with van der Waals surface area (Å²) in [6, 6.07) is 11.1. The number of hydrogen-bond donors (Lipinski definition) is 3. The maximum atomic E-state index is 14.4. The van der Waals surface area contributed by atoms with Crippen LogP contribution >= 0.6 is 11.6 Å². The van der Waals surface area contributed by atoms with Crippen LogP contribution in [0.5, 0.6) is 5.75 Å². The van der Waals surface area contributed by atoms with Gasteiger partial charge in [-0.1, -0.05) is 35.9 Å². The lowest BCUT2D eigenvalue weighted by Gasteiger charge is -2.23. The molecule has 38 heavy (non-hydrogen) atoms. The number of hydrogen-bond acceptors (Lipinski definition) is 7. The zero-order chi connectivity index (χ0) is 26.8. The van der Waals surface area contributed by atoms with E-state index in [1.807, 2.05) is 13.1 Å². The smallest absolute Gasteiger partial charge is 0.240 e. The lowest BCUT2D eigenvalue weighted by molar-refractivity contribution is -0.119. The number of carbonyl (C=O) groups is 1. The fourth-order valence-corrected chi connectivity index (χ4v) is 4.97. The highest BCUT2D eigenvalue weighted by atomic mass is 35.5. The molecule has 0 aliphatic carbocycles. The van der Waals surface area contributed by atoms with E-state index < -0.39 is 5.41 Å². The third-order valence-electron chi connectivity index (χ3n) is 6.82. The van der Waals surface area contributed by atoms with E-state index in [1.54, 1.807) is 41.8 Å². The Bertz CT molecular complexity index is 1790. The molecule has 3 aromatic heterocycles. The van der Waals surface area contributed by atoms with Crippen molar-refractivity contribution in [1.82, 2.24) is 24.3 Å². The second kappa shape index (κ2) is 8.49. The standard InChI is InChI=1S/C27H21ClFN7O2/c1-13-11-36-12-19(32-18(25(36)31-13)9-14-5-3-4-6-17(14)29)23-33-22(30)21-24(34-23)35-26(38)27(21,2)15-7-8-16(28)20(37)10-15/h3-8,10-12,37H,9H2,1-2H3,(H3,30,33,34,35,38)/t27-/m1/s1. The molecule has 0 saturated carbocycles. The van der Waals surface area contributed by atoms with Crippen molar-refractivity contribution in [2.45, 2.75) is 25.7 Å². The Labute approximate surface area is 221 Å². The molecule has 0 unspecified atom stereocenters. The molecule has 5 aromatic rings. The number of nitrogens with one attached hydrogen (secondary N) is 1. The molecule has 9 nitrogen and oxygen atoms in total. The summed E-state index contributed by atoms with van der Waals surface area (Å²) in [6.07, 6.45) is 3.75. The van der Waals surface area contributed by atoms with Crippen LogP contribution in [0.1, 0.15) is 35.0 Å².